The summed E-state index contributed by atoms with van der Waals surface area (Å²) < 4.78 is 26.7. The summed E-state index contributed by atoms with van der Waals surface area (Å²) in [6.45, 7) is 1.81. The summed E-state index contributed by atoms with van der Waals surface area (Å²) in [6, 6.07) is 4.81. The number of aryl methyl sites for hydroxylation is 1. The molecule has 1 aromatic carbocycles. The third kappa shape index (κ3) is 2.52. The van der Waals surface area contributed by atoms with Gasteiger partial charge in [0.05, 0.1) is 0 Å². The maximum atomic E-state index is 11.0. The summed E-state index contributed by atoms with van der Waals surface area (Å²) in [5.41, 5.74) is 0.859. The number of fused-ring (bicyclic) bond motifs is 3. The van der Waals surface area contributed by atoms with E-state index in [-0.39, 0.29) is 4.90 Å². The van der Waals surface area contributed by atoms with E-state index in [1.165, 1.54) is 24.3 Å². The summed E-state index contributed by atoms with van der Waals surface area (Å²) in [7, 11) is -3.44. The Morgan fingerprint density at radius 1 is 1.25 bits per heavy atom. The maximum Gasteiger partial charge on any atom is 0.339 e. The molecule has 3 aliphatic heterocycles. The van der Waals surface area contributed by atoms with Crippen molar-refractivity contribution in [3.8, 4) is 5.75 Å². The van der Waals surface area contributed by atoms with Gasteiger partial charge in [-0.15, -0.1) is 0 Å². The van der Waals surface area contributed by atoms with Crippen LogP contribution < -0.4 is 4.18 Å². The Bertz CT molecular complexity index is 468. The van der Waals surface area contributed by atoms with Crippen molar-refractivity contribution < 1.29 is 12.6 Å². The lowest BCUT2D eigenvalue weighted by atomic mass is 10.2. The topological polar surface area (TPSA) is 43.4 Å². The van der Waals surface area contributed by atoms with Crippen LogP contribution in [0, 0.1) is 6.92 Å². The van der Waals surface area contributed by atoms with Crippen LogP contribution in [0.4, 0.5) is 0 Å². The summed E-state index contributed by atoms with van der Waals surface area (Å²) in [4.78, 5) is 0.241. The number of rotatable bonds is 0. The Morgan fingerprint density at radius 2 is 1.94 bits per heavy atom. The van der Waals surface area contributed by atoms with E-state index >= 15 is 0 Å². The van der Waals surface area contributed by atoms with Gasteiger partial charge in [-0.05, 0) is 55.0 Å². The molecule has 3 aliphatic rings. The Morgan fingerprint density at radius 3 is 2.19 bits per heavy atom. The molecule has 1 saturated heterocycles. The lowest BCUT2D eigenvalue weighted by molar-refractivity contribution is 0.475. The normalized spacial score (nSPS) is 19.8. The summed E-state index contributed by atoms with van der Waals surface area (Å²) in [5, 5.41) is 0. The standard InChI is InChI=1S/C7H6O3S.C4H8S/c1-5-4-6-2-3-7(5)10-11(6,8)9;1-2-4-5-3-1/h2-4H,1H3;1-4H2. The Hall–Kier alpha value is -0.680. The summed E-state index contributed by atoms with van der Waals surface area (Å²) >= 11 is 2.07. The third-order valence-corrected chi connectivity index (χ3v) is 4.85. The first-order valence-corrected chi connectivity index (χ1v) is 7.79. The van der Waals surface area contributed by atoms with Crippen molar-refractivity contribution in [1.29, 1.82) is 0 Å². The molecule has 1 fully saturated rings. The van der Waals surface area contributed by atoms with Gasteiger partial charge >= 0.3 is 10.1 Å². The van der Waals surface area contributed by atoms with E-state index in [2.05, 4.69) is 15.9 Å². The molecule has 0 amide bonds. The van der Waals surface area contributed by atoms with Gasteiger partial charge in [-0.25, -0.2) is 0 Å². The maximum absolute atomic E-state index is 11.0. The monoisotopic (exact) mass is 258 g/mol. The quantitative estimate of drug-likeness (QED) is 0.671. The predicted octanol–water partition coefficient (Wildman–Crippen LogP) is 2.59. The van der Waals surface area contributed by atoms with Crippen LogP contribution in [0.1, 0.15) is 18.4 Å². The average molecular weight is 258 g/mol. The van der Waals surface area contributed by atoms with E-state index in [1.807, 2.05) is 6.92 Å². The zero-order chi connectivity index (χ0) is 11.6. The Kier molecular flexibility index (Phi) is 3.44. The lowest BCUT2D eigenvalue weighted by Crippen LogP contribution is -2.15. The Balaban J connectivity index is 0.000000162. The number of hydrogen-bond donors (Lipinski definition) is 0. The van der Waals surface area contributed by atoms with Gasteiger partial charge in [0.1, 0.15) is 10.6 Å². The minimum absolute atomic E-state index is 0.241. The summed E-state index contributed by atoms with van der Waals surface area (Å²) in [5.74, 6) is 3.26. The number of benzene rings is 1. The van der Waals surface area contributed by atoms with Gasteiger partial charge in [0.2, 0.25) is 0 Å². The molecule has 1 aromatic rings. The first-order chi connectivity index (χ1) is 7.59. The Labute approximate surface area is 100 Å². The highest BCUT2D eigenvalue weighted by Gasteiger charge is 2.24. The van der Waals surface area contributed by atoms with Crippen molar-refractivity contribution >= 4 is 21.9 Å². The van der Waals surface area contributed by atoms with Crippen molar-refractivity contribution in [3.05, 3.63) is 23.8 Å². The molecule has 16 heavy (non-hydrogen) atoms. The van der Waals surface area contributed by atoms with Crippen LogP contribution in [0.3, 0.4) is 0 Å². The van der Waals surface area contributed by atoms with Gasteiger partial charge in [-0.3, -0.25) is 0 Å². The molecule has 0 radical (unpaired) electrons. The van der Waals surface area contributed by atoms with E-state index in [4.69, 9.17) is 0 Å². The smallest absolute Gasteiger partial charge is 0.339 e. The molecule has 3 nitrogen and oxygen atoms in total. The van der Waals surface area contributed by atoms with Crippen LogP contribution in [0.2, 0.25) is 0 Å². The van der Waals surface area contributed by atoms with Crippen LogP contribution in [-0.2, 0) is 10.1 Å². The molecule has 0 N–H and O–H groups in total. The second-order valence-electron chi connectivity index (χ2n) is 3.78. The highest BCUT2D eigenvalue weighted by molar-refractivity contribution is 7.99. The van der Waals surface area contributed by atoms with Crippen LogP contribution >= 0.6 is 11.8 Å². The molecule has 0 aliphatic carbocycles. The van der Waals surface area contributed by atoms with Gasteiger partial charge in [-0.2, -0.15) is 20.2 Å². The van der Waals surface area contributed by atoms with Crippen LogP contribution in [0.25, 0.3) is 0 Å². The predicted molar refractivity (Wildman–Crippen MR) is 65.6 cm³/mol. The highest BCUT2D eigenvalue weighted by atomic mass is 32.2. The molecule has 0 atom stereocenters. The highest BCUT2D eigenvalue weighted by Crippen LogP contribution is 2.30. The van der Waals surface area contributed by atoms with E-state index in [0.29, 0.717) is 5.75 Å². The first kappa shape index (κ1) is 11.8. The molecular formula is C11H14O3S2. The molecular weight excluding hydrogens is 244 g/mol. The SMILES string of the molecule is C1CCSC1.Cc1cc2ccc1OS2(=O)=O. The van der Waals surface area contributed by atoms with Crippen molar-refractivity contribution in [3.63, 3.8) is 0 Å². The van der Waals surface area contributed by atoms with Crippen molar-refractivity contribution in [1.82, 2.24) is 0 Å². The van der Waals surface area contributed by atoms with Gasteiger partial charge in [0, 0.05) is 0 Å². The van der Waals surface area contributed by atoms with Crippen LogP contribution in [0.5, 0.6) is 5.75 Å². The number of thioether (sulfide) groups is 1. The molecule has 0 saturated carbocycles. The molecule has 5 heteroatoms. The fourth-order valence-electron chi connectivity index (χ4n) is 1.55. The first-order valence-electron chi connectivity index (χ1n) is 5.22. The molecule has 0 aromatic heterocycles. The molecule has 0 spiro atoms. The van der Waals surface area contributed by atoms with Crippen LogP contribution in [0.15, 0.2) is 23.1 Å². The zero-order valence-corrected chi connectivity index (χ0v) is 10.7. The largest absolute Gasteiger partial charge is 0.379 e. The minimum Gasteiger partial charge on any atom is -0.379 e. The molecule has 2 bridgehead atoms. The average Bonchev–Trinajstić information content (AvgIpc) is 2.77. The van der Waals surface area contributed by atoms with Crippen molar-refractivity contribution in [2.45, 2.75) is 24.7 Å². The molecule has 88 valence electrons. The molecule has 4 rings (SSSR count). The molecule has 3 heterocycles. The van der Waals surface area contributed by atoms with Gasteiger partial charge in [-0.1, -0.05) is 0 Å². The fourth-order valence-corrected chi connectivity index (χ4v) is 3.64. The van der Waals surface area contributed by atoms with Gasteiger partial charge in [0.15, 0.2) is 0 Å². The third-order valence-electron chi connectivity index (χ3n) is 2.46. The van der Waals surface area contributed by atoms with Gasteiger partial charge < -0.3 is 4.18 Å². The second kappa shape index (κ2) is 4.67. The number of hydrogen-bond acceptors (Lipinski definition) is 4. The van der Waals surface area contributed by atoms with Crippen LogP contribution in [-0.4, -0.2) is 19.9 Å². The van der Waals surface area contributed by atoms with Crippen molar-refractivity contribution in [2.24, 2.45) is 0 Å². The lowest BCUT2D eigenvalue weighted by Gasteiger charge is -2.15. The second-order valence-corrected chi connectivity index (χ2v) is 6.56. The minimum atomic E-state index is -3.44. The van der Waals surface area contributed by atoms with E-state index < -0.39 is 10.1 Å². The van der Waals surface area contributed by atoms with Gasteiger partial charge in [0.25, 0.3) is 0 Å². The fraction of sp³-hybridized carbons (Fsp3) is 0.455. The van der Waals surface area contributed by atoms with E-state index in [1.54, 1.807) is 18.2 Å². The molecule has 0 unspecified atom stereocenters. The van der Waals surface area contributed by atoms with E-state index in [0.717, 1.165) is 5.56 Å². The zero-order valence-electron chi connectivity index (χ0n) is 9.10. The van der Waals surface area contributed by atoms with E-state index in [9.17, 15) is 8.42 Å². The summed E-state index contributed by atoms with van der Waals surface area (Å²) in [6.07, 6.45) is 2.93. The van der Waals surface area contributed by atoms with Crippen molar-refractivity contribution in [2.75, 3.05) is 11.5 Å².